The Labute approximate surface area is 119 Å². The van der Waals surface area contributed by atoms with E-state index in [0.29, 0.717) is 13.0 Å². The topological polar surface area (TPSA) is 78.4 Å². The number of aryl methyl sites for hydroxylation is 1. The summed E-state index contributed by atoms with van der Waals surface area (Å²) in [5.41, 5.74) is 1.65. The molecular formula is C15H22N2O3. The first-order chi connectivity index (χ1) is 9.28. The molecule has 0 atom stereocenters. The lowest BCUT2D eigenvalue weighted by Gasteiger charge is -2.25. The van der Waals surface area contributed by atoms with Crippen LogP contribution < -0.4 is 10.6 Å². The lowest BCUT2D eigenvalue weighted by Crippen LogP contribution is -2.48. The van der Waals surface area contributed by atoms with Crippen molar-refractivity contribution in [2.45, 2.75) is 45.7 Å². The second-order valence-corrected chi connectivity index (χ2v) is 5.57. The molecular weight excluding hydrogens is 256 g/mol. The van der Waals surface area contributed by atoms with Crippen LogP contribution in [0.1, 0.15) is 37.8 Å². The molecule has 0 aromatic heterocycles. The van der Waals surface area contributed by atoms with E-state index in [1.165, 1.54) is 5.56 Å². The number of carbonyl (C=O) groups is 2. The number of rotatable bonds is 6. The quantitative estimate of drug-likeness (QED) is 0.748. The van der Waals surface area contributed by atoms with Gasteiger partial charge in [-0.25, -0.2) is 4.79 Å². The predicted octanol–water partition coefficient (Wildman–Crippen LogP) is 2.44. The number of benzene rings is 1. The predicted molar refractivity (Wildman–Crippen MR) is 77.5 cm³/mol. The standard InChI is InChI=1S/C15H22N2O3/c1-11-4-6-12(7-5-11)10-16-14(20)17-15(2,3)9-8-13(18)19/h4-7H,8-10H2,1-3H3,(H,18,19)(H2,16,17,20). The van der Waals surface area contributed by atoms with E-state index >= 15 is 0 Å². The van der Waals surface area contributed by atoms with Crippen molar-refractivity contribution >= 4 is 12.0 Å². The minimum atomic E-state index is -0.861. The maximum atomic E-state index is 11.8. The van der Waals surface area contributed by atoms with Crippen molar-refractivity contribution in [2.75, 3.05) is 0 Å². The molecule has 0 saturated carbocycles. The largest absolute Gasteiger partial charge is 0.481 e. The van der Waals surface area contributed by atoms with E-state index in [1.54, 1.807) is 13.8 Å². The third kappa shape index (κ3) is 6.22. The van der Waals surface area contributed by atoms with Gasteiger partial charge >= 0.3 is 12.0 Å². The molecule has 5 heteroatoms. The van der Waals surface area contributed by atoms with E-state index in [1.807, 2.05) is 31.2 Å². The molecule has 0 spiro atoms. The molecule has 20 heavy (non-hydrogen) atoms. The Morgan fingerprint density at radius 3 is 2.35 bits per heavy atom. The average molecular weight is 278 g/mol. The van der Waals surface area contributed by atoms with Crippen LogP contribution in [0.25, 0.3) is 0 Å². The second kappa shape index (κ2) is 6.93. The van der Waals surface area contributed by atoms with Crippen molar-refractivity contribution in [3.05, 3.63) is 35.4 Å². The number of carbonyl (C=O) groups excluding carboxylic acids is 1. The highest BCUT2D eigenvalue weighted by molar-refractivity contribution is 5.75. The SMILES string of the molecule is Cc1ccc(CNC(=O)NC(C)(C)CCC(=O)O)cc1. The lowest BCUT2D eigenvalue weighted by molar-refractivity contribution is -0.137. The highest BCUT2D eigenvalue weighted by Crippen LogP contribution is 2.11. The Hall–Kier alpha value is -2.04. The molecule has 1 aromatic carbocycles. The molecule has 0 radical (unpaired) electrons. The van der Waals surface area contributed by atoms with Gasteiger partial charge < -0.3 is 15.7 Å². The molecule has 0 aliphatic rings. The van der Waals surface area contributed by atoms with E-state index < -0.39 is 11.5 Å². The van der Waals surface area contributed by atoms with Gasteiger partial charge in [-0.2, -0.15) is 0 Å². The van der Waals surface area contributed by atoms with E-state index in [9.17, 15) is 9.59 Å². The van der Waals surface area contributed by atoms with Gasteiger partial charge in [0.25, 0.3) is 0 Å². The second-order valence-electron chi connectivity index (χ2n) is 5.57. The van der Waals surface area contributed by atoms with Gasteiger partial charge in [-0.1, -0.05) is 29.8 Å². The Morgan fingerprint density at radius 1 is 1.20 bits per heavy atom. The van der Waals surface area contributed by atoms with Crippen LogP contribution in [0.2, 0.25) is 0 Å². The van der Waals surface area contributed by atoms with Gasteiger partial charge in [0.15, 0.2) is 0 Å². The highest BCUT2D eigenvalue weighted by Gasteiger charge is 2.21. The van der Waals surface area contributed by atoms with E-state index in [4.69, 9.17) is 5.11 Å². The van der Waals surface area contributed by atoms with E-state index in [0.717, 1.165) is 5.56 Å². The number of nitrogens with one attached hydrogen (secondary N) is 2. The number of hydrogen-bond donors (Lipinski definition) is 3. The maximum Gasteiger partial charge on any atom is 0.315 e. The molecule has 2 amide bonds. The van der Waals surface area contributed by atoms with Crippen molar-refractivity contribution in [1.29, 1.82) is 0 Å². The number of amides is 2. The fraction of sp³-hybridized carbons (Fsp3) is 0.467. The van der Waals surface area contributed by atoms with Crippen LogP contribution in [0.15, 0.2) is 24.3 Å². The third-order valence-electron chi connectivity index (χ3n) is 2.99. The molecule has 0 unspecified atom stereocenters. The molecule has 110 valence electrons. The summed E-state index contributed by atoms with van der Waals surface area (Å²) in [6.45, 7) is 6.07. The minimum Gasteiger partial charge on any atom is -0.481 e. The first-order valence-electron chi connectivity index (χ1n) is 6.62. The van der Waals surface area contributed by atoms with Gasteiger partial charge in [-0.15, -0.1) is 0 Å². The molecule has 3 N–H and O–H groups in total. The van der Waals surface area contributed by atoms with Gasteiger partial charge in [0.2, 0.25) is 0 Å². The summed E-state index contributed by atoms with van der Waals surface area (Å²) in [7, 11) is 0. The molecule has 1 rings (SSSR count). The highest BCUT2D eigenvalue weighted by atomic mass is 16.4. The Bertz CT molecular complexity index is 467. The van der Waals surface area contributed by atoms with Crippen molar-refractivity contribution in [2.24, 2.45) is 0 Å². The van der Waals surface area contributed by atoms with Gasteiger partial charge in [0.1, 0.15) is 0 Å². The Balaban J connectivity index is 2.39. The summed E-state index contributed by atoms with van der Waals surface area (Å²) in [4.78, 5) is 22.3. The van der Waals surface area contributed by atoms with Crippen LogP contribution in [0.5, 0.6) is 0 Å². The van der Waals surface area contributed by atoms with Gasteiger partial charge in [-0.3, -0.25) is 4.79 Å². The lowest BCUT2D eigenvalue weighted by atomic mass is 9.99. The fourth-order valence-electron chi connectivity index (χ4n) is 1.72. The van der Waals surface area contributed by atoms with Gasteiger partial charge in [0.05, 0.1) is 0 Å². The van der Waals surface area contributed by atoms with Crippen LogP contribution in [0.3, 0.4) is 0 Å². The number of urea groups is 1. The van der Waals surface area contributed by atoms with Crippen LogP contribution in [0, 0.1) is 6.92 Å². The number of carboxylic acid groups (broad SMARTS) is 1. The fourth-order valence-corrected chi connectivity index (χ4v) is 1.72. The molecule has 0 bridgehead atoms. The van der Waals surface area contributed by atoms with Gasteiger partial charge in [0, 0.05) is 18.5 Å². The van der Waals surface area contributed by atoms with Crippen molar-refractivity contribution in [3.63, 3.8) is 0 Å². The number of carboxylic acids is 1. The van der Waals surface area contributed by atoms with E-state index in [2.05, 4.69) is 10.6 Å². The molecule has 0 heterocycles. The Kier molecular flexibility index (Phi) is 5.55. The van der Waals surface area contributed by atoms with Crippen LogP contribution in [-0.4, -0.2) is 22.6 Å². The van der Waals surface area contributed by atoms with Crippen LogP contribution >= 0.6 is 0 Å². The molecule has 1 aromatic rings. The molecule has 0 aliphatic heterocycles. The summed E-state index contributed by atoms with van der Waals surface area (Å²) < 4.78 is 0. The van der Waals surface area contributed by atoms with Crippen LogP contribution in [0.4, 0.5) is 4.79 Å². The number of hydrogen-bond acceptors (Lipinski definition) is 2. The monoisotopic (exact) mass is 278 g/mol. The van der Waals surface area contributed by atoms with Crippen molar-refractivity contribution < 1.29 is 14.7 Å². The smallest absolute Gasteiger partial charge is 0.315 e. The van der Waals surface area contributed by atoms with E-state index in [-0.39, 0.29) is 12.5 Å². The third-order valence-corrected chi connectivity index (χ3v) is 2.99. The summed E-state index contributed by atoms with van der Waals surface area (Å²) in [5, 5.41) is 14.2. The molecule has 0 aliphatic carbocycles. The first kappa shape index (κ1) is 16.0. The molecule has 0 fully saturated rings. The zero-order valence-electron chi connectivity index (χ0n) is 12.2. The van der Waals surface area contributed by atoms with Crippen molar-refractivity contribution in [3.8, 4) is 0 Å². The molecule has 5 nitrogen and oxygen atoms in total. The normalized spacial score (nSPS) is 10.9. The Morgan fingerprint density at radius 2 is 1.80 bits per heavy atom. The number of aliphatic carboxylic acids is 1. The van der Waals surface area contributed by atoms with Crippen LogP contribution in [-0.2, 0) is 11.3 Å². The maximum absolute atomic E-state index is 11.8. The summed E-state index contributed by atoms with van der Waals surface area (Å²) in [6, 6.07) is 7.62. The average Bonchev–Trinajstić information content (AvgIpc) is 2.35. The first-order valence-corrected chi connectivity index (χ1v) is 6.62. The summed E-state index contributed by atoms with van der Waals surface area (Å²) >= 11 is 0. The molecule has 0 saturated heterocycles. The van der Waals surface area contributed by atoms with Crippen molar-refractivity contribution in [1.82, 2.24) is 10.6 Å². The summed E-state index contributed by atoms with van der Waals surface area (Å²) in [5.74, 6) is -0.861. The summed E-state index contributed by atoms with van der Waals surface area (Å²) in [6.07, 6.45) is 0.422. The zero-order chi connectivity index (χ0) is 15.2. The zero-order valence-corrected chi connectivity index (χ0v) is 12.2. The van der Waals surface area contributed by atoms with Gasteiger partial charge in [-0.05, 0) is 32.8 Å². The minimum absolute atomic E-state index is 0.0330.